The Hall–Kier alpha value is -1.16. The normalized spacial score (nSPS) is 29.8. The highest BCUT2D eigenvalue weighted by atomic mass is 16.2. The number of fused-ring (bicyclic) bond motifs is 1. The SMILES string of the molecule is CC(C)CC(C)(CN)N1C(=O)C2CC=CCC2C1=O. The van der Waals surface area contributed by atoms with Gasteiger partial charge in [0.2, 0.25) is 11.8 Å². The maximum absolute atomic E-state index is 12.6. The van der Waals surface area contributed by atoms with Gasteiger partial charge in [0.05, 0.1) is 17.4 Å². The molecule has 1 saturated heterocycles. The molecule has 1 heterocycles. The number of hydrogen-bond donors (Lipinski definition) is 1. The molecule has 4 heteroatoms. The Kier molecular flexibility index (Phi) is 3.81. The average Bonchev–Trinajstić information content (AvgIpc) is 2.62. The third-order valence-electron chi connectivity index (χ3n) is 4.34. The monoisotopic (exact) mass is 264 g/mol. The van der Waals surface area contributed by atoms with Crippen LogP contribution in [-0.2, 0) is 9.59 Å². The fourth-order valence-corrected chi connectivity index (χ4v) is 3.48. The van der Waals surface area contributed by atoms with Crippen LogP contribution >= 0.6 is 0 Å². The first-order valence-electron chi connectivity index (χ1n) is 7.13. The maximum atomic E-state index is 12.6. The van der Waals surface area contributed by atoms with E-state index in [2.05, 4.69) is 13.8 Å². The standard InChI is InChI=1S/C15H24N2O2/c1-10(2)8-15(3,9-16)17-13(18)11-6-4-5-7-12(11)14(17)19/h4-5,10-12H,6-9,16H2,1-3H3. The minimum atomic E-state index is -0.542. The zero-order chi connectivity index (χ0) is 14.2. The van der Waals surface area contributed by atoms with Gasteiger partial charge in [0.1, 0.15) is 0 Å². The van der Waals surface area contributed by atoms with Gasteiger partial charge >= 0.3 is 0 Å². The highest BCUT2D eigenvalue weighted by Gasteiger charge is 2.53. The molecule has 4 nitrogen and oxygen atoms in total. The number of nitrogens with two attached hydrogens (primary N) is 1. The summed E-state index contributed by atoms with van der Waals surface area (Å²) in [5, 5.41) is 0. The maximum Gasteiger partial charge on any atom is 0.233 e. The predicted octanol–water partition coefficient (Wildman–Crippen LogP) is 1.70. The zero-order valence-corrected chi connectivity index (χ0v) is 12.1. The van der Waals surface area contributed by atoms with Crippen molar-refractivity contribution in [3.63, 3.8) is 0 Å². The molecule has 2 rings (SSSR count). The number of nitrogens with zero attached hydrogens (tertiary/aromatic N) is 1. The first-order chi connectivity index (χ1) is 8.90. The van der Waals surface area contributed by atoms with Crippen molar-refractivity contribution in [1.82, 2.24) is 4.90 Å². The number of imide groups is 1. The van der Waals surface area contributed by atoms with Crippen LogP contribution in [0.2, 0.25) is 0 Å². The first kappa shape index (κ1) is 14.3. The molecule has 0 aromatic rings. The lowest BCUT2D eigenvalue weighted by molar-refractivity contribution is -0.147. The summed E-state index contributed by atoms with van der Waals surface area (Å²) in [4.78, 5) is 26.6. The summed E-state index contributed by atoms with van der Waals surface area (Å²) < 4.78 is 0. The summed E-state index contributed by atoms with van der Waals surface area (Å²) in [7, 11) is 0. The van der Waals surface area contributed by atoms with Crippen molar-refractivity contribution in [2.24, 2.45) is 23.5 Å². The molecular weight excluding hydrogens is 240 g/mol. The second-order valence-corrected chi connectivity index (χ2v) is 6.47. The molecule has 1 fully saturated rings. The van der Waals surface area contributed by atoms with Crippen LogP contribution in [0.4, 0.5) is 0 Å². The molecule has 0 bridgehead atoms. The van der Waals surface area contributed by atoms with E-state index in [1.54, 1.807) is 0 Å². The average molecular weight is 264 g/mol. The molecule has 0 saturated carbocycles. The Labute approximate surface area is 115 Å². The predicted molar refractivity (Wildman–Crippen MR) is 74.1 cm³/mol. The number of rotatable bonds is 4. The van der Waals surface area contributed by atoms with Gasteiger partial charge in [0, 0.05) is 6.54 Å². The van der Waals surface area contributed by atoms with E-state index in [9.17, 15) is 9.59 Å². The highest BCUT2D eigenvalue weighted by Crippen LogP contribution is 2.39. The molecule has 2 aliphatic rings. The molecule has 2 N–H and O–H groups in total. The van der Waals surface area contributed by atoms with Crippen LogP contribution in [0, 0.1) is 17.8 Å². The van der Waals surface area contributed by atoms with E-state index in [1.165, 1.54) is 4.90 Å². The van der Waals surface area contributed by atoms with Gasteiger partial charge in [-0.2, -0.15) is 0 Å². The smallest absolute Gasteiger partial charge is 0.233 e. The number of likely N-dealkylation sites (tertiary alicyclic amines) is 1. The number of carbonyl (C=O) groups excluding carboxylic acids is 2. The fourth-order valence-electron chi connectivity index (χ4n) is 3.48. The van der Waals surface area contributed by atoms with Crippen LogP contribution in [0.3, 0.4) is 0 Å². The lowest BCUT2D eigenvalue weighted by Crippen LogP contribution is -2.55. The van der Waals surface area contributed by atoms with Crippen molar-refractivity contribution in [2.45, 2.75) is 45.6 Å². The molecule has 3 unspecified atom stereocenters. The van der Waals surface area contributed by atoms with Crippen molar-refractivity contribution in [3.05, 3.63) is 12.2 Å². The van der Waals surface area contributed by atoms with E-state index in [0.717, 1.165) is 6.42 Å². The number of amides is 2. The Morgan fingerprint density at radius 3 is 2.11 bits per heavy atom. The van der Waals surface area contributed by atoms with Crippen molar-refractivity contribution in [1.29, 1.82) is 0 Å². The summed E-state index contributed by atoms with van der Waals surface area (Å²) in [5.74, 6) is 0.0434. The molecule has 1 aliphatic carbocycles. The Balaban J connectivity index is 2.29. The van der Waals surface area contributed by atoms with Crippen molar-refractivity contribution >= 4 is 11.8 Å². The molecule has 0 aromatic heterocycles. The summed E-state index contributed by atoms with van der Waals surface area (Å²) in [5.41, 5.74) is 5.35. The summed E-state index contributed by atoms with van der Waals surface area (Å²) in [6, 6.07) is 0. The number of carbonyl (C=O) groups is 2. The van der Waals surface area contributed by atoms with Gasteiger partial charge in [-0.3, -0.25) is 14.5 Å². The lowest BCUT2D eigenvalue weighted by Gasteiger charge is -2.38. The summed E-state index contributed by atoms with van der Waals surface area (Å²) in [6.45, 7) is 6.45. The number of allylic oxidation sites excluding steroid dienone is 2. The van der Waals surface area contributed by atoms with Crippen LogP contribution in [0.15, 0.2) is 12.2 Å². The molecule has 0 aromatic carbocycles. The molecule has 1 aliphatic heterocycles. The van der Waals surface area contributed by atoms with Crippen LogP contribution in [0.1, 0.15) is 40.0 Å². The Morgan fingerprint density at radius 2 is 1.74 bits per heavy atom. The molecule has 2 amide bonds. The largest absolute Gasteiger partial charge is 0.328 e. The zero-order valence-electron chi connectivity index (χ0n) is 12.1. The van der Waals surface area contributed by atoms with Crippen LogP contribution in [0.25, 0.3) is 0 Å². The van der Waals surface area contributed by atoms with E-state index in [1.807, 2.05) is 19.1 Å². The fraction of sp³-hybridized carbons (Fsp3) is 0.733. The van der Waals surface area contributed by atoms with Crippen LogP contribution in [0.5, 0.6) is 0 Å². The highest BCUT2D eigenvalue weighted by molar-refractivity contribution is 6.06. The van der Waals surface area contributed by atoms with Crippen LogP contribution < -0.4 is 5.73 Å². The minimum Gasteiger partial charge on any atom is -0.328 e. The molecular formula is C15H24N2O2. The summed E-state index contributed by atoms with van der Waals surface area (Å²) in [6.07, 6.45) is 6.16. The van der Waals surface area contributed by atoms with E-state index >= 15 is 0 Å². The lowest BCUT2D eigenvalue weighted by atomic mass is 9.85. The van der Waals surface area contributed by atoms with Gasteiger partial charge in [-0.15, -0.1) is 0 Å². The van der Waals surface area contributed by atoms with Gasteiger partial charge in [-0.1, -0.05) is 26.0 Å². The van der Waals surface area contributed by atoms with Gasteiger partial charge in [-0.25, -0.2) is 0 Å². The number of hydrogen-bond acceptors (Lipinski definition) is 3. The topological polar surface area (TPSA) is 63.4 Å². The second-order valence-electron chi connectivity index (χ2n) is 6.47. The van der Waals surface area contributed by atoms with Crippen molar-refractivity contribution in [2.75, 3.05) is 6.54 Å². The molecule has 0 radical (unpaired) electrons. The van der Waals surface area contributed by atoms with Gasteiger partial charge in [-0.05, 0) is 32.1 Å². The second kappa shape index (κ2) is 5.08. The molecule has 106 valence electrons. The quantitative estimate of drug-likeness (QED) is 0.621. The van der Waals surface area contributed by atoms with E-state index < -0.39 is 5.54 Å². The minimum absolute atomic E-state index is 0.0204. The van der Waals surface area contributed by atoms with Crippen LogP contribution in [-0.4, -0.2) is 28.8 Å². The van der Waals surface area contributed by atoms with E-state index in [0.29, 0.717) is 25.3 Å². The third-order valence-corrected chi connectivity index (χ3v) is 4.34. The third kappa shape index (κ3) is 2.34. The van der Waals surface area contributed by atoms with Crippen molar-refractivity contribution < 1.29 is 9.59 Å². The van der Waals surface area contributed by atoms with Gasteiger partial charge < -0.3 is 5.73 Å². The van der Waals surface area contributed by atoms with E-state index in [-0.39, 0.29) is 23.7 Å². The molecule has 19 heavy (non-hydrogen) atoms. The Morgan fingerprint density at radius 1 is 1.26 bits per heavy atom. The molecule has 3 atom stereocenters. The van der Waals surface area contributed by atoms with E-state index in [4.69, 9.17) is 5.73 Å². The Bertz CT molecular complexity index is 390. The van der Waals surface area contributed by atoms with Crippen molar-refractivity contribution in [3.8, 4) is 0 Å². The van der Waals surface area contributed by atoms with Gasteiger partial charge in [0.15, 0.2) is 0 Å². The molecule has 0 spiro atoms. The first-order valence-corrected chi connectivity index (χ1v) is 7.13. The van der Waals surface area contributed by atoms with Gasteiger partial charge in [0.25, 0.3) is 0 Å². The summed E-state index contributed by atoms with van der Waals surface area (Å²) >= 11 is 0.